The van der Waals surface area contributed by atoms with Crippen LogP contribution >= 0.6 is 0 Å². The molecule has 0 spiro atoms. The highest BCUT2D eigenvalue weighted by molar-refractivity contribution is 5.71. The Morgan fingerprint density at radius 1 is 1.21 bits per heavy atom. The number of hydrogen-bond donors (Lipinski definition) is 0. The fourth-order valence-electron chi connectivity index (χ4n) is 3.98. The van der Waals surface area contributed by atoms with E-state index in [1.165, 1.54) is 7.11 Å². The van der Waals surface area contributed by atoms with Gasteiger partial charge in [-0.05, 0) is 42.2 Å². The van der Waals surface area contributed by atoms with Crippen molar-refractivity contribution in [3.8, 4) is 11.5 Å². The van der Waals surface area contributed by atoms with Gasteiger partial charge in [-0.25, -0.2) is 4.39 Å². The molecule has 0 saturated carbocycles. The molecule has 0 radical (unpaired) electrons. The molecule has 2 atom stereocenters. The molecule has 2 aliphatic rings. The predicted octanol–water partition coefficient (Wildman–Crippen LogP) is 4.95. The fourth-order valence-corrected chi connectivity index (χ4v) is 3.98. The van der Waals surface area contributed by atoms with Gasteiger partial charge in [0.25, 0.3) is 0 Å². The smallest absolute Gasteiger partial charge is 0.416 e. The van der Waals surface area contributed by atoms with Gasteiger partial charge in [0, 0.05) is 17.5 Å². The average molecular weight is 410 g/mol. The molecular formula is C21H18F4O4. The van der Waals surface area contributed by atoms with Crippen molar-refractivity contribution in [3.63, 3.8) is 0 Å². The summed E-state index contributed by atoms with van der Waals surface area (Å²) < 4.78 is 69.7. The van der Waals surface area contributed by atoms with Crippen molar-refractivity contribution in [2.75, 3.05) is 13.7 Å². The Balaban J connectivity index is 1.56. The van der Waals surface area contributed by atoms with E-state index in [0.717, 1.165) is 11.6 Å². The average Bonchev–Trinajstić information content (AvgIpc) is 3.24. The number of halogens is 4. The first-order valence-corrected chi connectivity index (χ1v) is 9.16. The number of esters is 1. The number of ether oxygens (including phenoxy) is 3. The van der Waals surface area contributed by atoms with Crippen LogP contribution in [0, 0.1) is 5.82 Å². The number of carbonyl (C=O) groups is 1. The first-order chi connectivity index (χ1) is 13.8. The number of fused-ring (bicyclic) bond motifs is 2. The third-order valence-electron chi connectivity index (χ3n) is 5.34. The van der Waals surface area contributed by atoms with Crippen LogP contribution in [0.25, 0.3) is 0 Å². The second-order valence-electron chi connectivity index (χ2n) is 7.15. The highest BCUT2D eigenvalue weighted by atomic mass is 19.4. The second-order valence-corrected chi connectivity index (χ2v) is 7.15. The first-order valence-electron chi connectivity index (χ1n) is 9.16. The standard InChI is InChI=1S/C21H18F4O4/c1-27-20(26)6-11-10-28-19-9-13(2-3-14(11)19)29-18-5-4-15-16(18)7-12(22)8-17(15)21(23,24)25/h2-3,7-9,11,18H,4-6,10H2,1H3/t11-,18-/m1/s1. The molecule has 1 heterocycles. The van der Waals surface area contributed by atoms with Crippen LogP contribution in [0.3, 0.4) is 0 Å². The minimum absolute atomic E-state index is 0.0828. The van der Waals surface area contributed by atoms with Crippen molar-refractivity contribution in [2.45, 2.75) is 37.5 Å². The maximum absolute atomic E-state index is 13.8. The Kier molecular flexibility index (Phi) is 4.88. The van der Waals surface area contributed by atoms with Crippen molar-refractivity contribution < 1.29 is 36.6 Å². The molecular weight excluding hydrogens is 392 g/mol. The van der Waals surface area contributed by atoms with Gasteiger partial charge in [0.05, 0.1) is 25.7 Å². The van der Waals surface area contributed by atoms with Crippen LogP contribution in [0.5, 0.6) is 11.5 Å². The van der Waals surface area contributed by atoms with Crippen LogP contribution in [-0.4, -0.2) is 19.7 Å². The maximum atomic E-state index is 13.8. The van der Waals surface area contributed by atoms with Crippen LogP contribution in [0.1, 0.15) is 47.1 Å². The van der Waals surface area contributed by atoms with Gasteiger partial charge in [-0.3, -0.25) is 4.79 Å². The van der Waals surface area contributed by atoms with E-state index in [1.807, 2.05) is 0 Å². The van der Waals surface area contributed by atoms with E-state index in [4.69, 9.17) is 9.47 Å². The van der Waals surface area contributed by atoms with E-state index in [2.05, 4.69) is 4.74 Å². The molecule has 0 amide bonds. The third-order valence-corrected chi connectivity index (χ3v) is 5.34. The van der Waals surface area contributed by atoms with E-state index in [0.29, 0.717) is 30.6 Å². The Hall–Kier alpha value is -2.77. The molecule has 1 aliphatic heterocycles. The molecule has 4 nitrogen and oxygen atoms in total. The van der Waals surface area contributed by atoms with Gasteiger partial charge in [-0.1, -0.05) is 6.07 Å². The molecule has 0 unspecified atom stereocenters. The number of alkyl halides is 3. The van der Waals surface area contributed by atoms with Crippen molar-refractivity contribution in [3.05, 3.63) is 58.4 Å². The van der Waals surface area contributed by atoms with Crippen LogP contribution in [0.15, 0.2) is 30.3 Å². The van der Waals surface area contributed by atoms with E-state index in [-0.39, 0.29) is 35.9 Å². The van der Waals surface area contributed by atoms with Crippen LogP contribution in [0.2, 0.25) is 0 Å². The molecule has 0 N–H and O–H groups in total. The van der Waals surface area contributed by atoms with Gasteiger partial charge in [0.1, 0.15) is 23.4 Å². The zero-order chi connectivity index (χ0) is 20.8. The Bertz CT molecular complexity index is 954. The molecule has 4 rings (SSSR count). The lowest BCUT2D eigenvalue weighted by atomic mass is 9.98. The molecule has 0 saturated heterocycles. The lowest BCUT2D eigenvalue weighted by Gasteiger charge is -2.17. The van der Waals surface area contributed by atoms with Gasteiger partial charge >= 0.3 is 12.1 Å². The second kappa shape index (κ2) is 7.24. The predicted molar refractivity (Wildman–Crippen MR) is 94.4 cm³/mol. The zero-order valence-electron chi connectivity index (χ0n) is 15.5. The summed E-state index contributed by atoms with van der Waals surface area (Å²) in [6.45, 7) is 0.334. The fraction of sp³-hybridized carbons (Fsp3) is 0.381. The lowest BCUT2D eigenvalue weighted by Crippen LogP contribution is -2.11. The minimum Gasteiger partial charge on any atom is -0.492 e. The number of benzene rings is 2. The number of hydrogen-bond acceptors (Lipinski definition) is 4. The Labute approximate surface area is 164 Å². The first kappa shape index (κ1) is 19.5. The molecule has 2 aromatic rings. The molecule has 0 aromatic heterocycles. The number of methoxy groups -OCH3 is 1. The number of carbonyl (C=O) groups excluding carboxylic acids is 1. The van der Waals surface area contributed by atoms with Gasteiger partial charge < -0.3 is 14.2 Å². The van der Waals surface area contributed by atoms with E-state index in [9.17, 15) is 22.4 Å². The monoisotopic (exact) mass is 410 g/mol. The summed E-state index contributed by atoms with van der Waals surface area (Å²) >= 11 is 0. The Morgan fingerprint density at radius 3 is 2.72 bits per heavy atom. The summed E-state index contributed by atoms with van der Waals surface area (Å²) in [4.78, 5) is 11.5. The summed E-state index contributed by atoms with van der Waals surface area (Å²) in [5.41, 5.74) is 0.211. The van der Waals surface area contributed by atoms with Crippen molar-refractivity contribution in [1.82, 2.24) is 0 Å². The lowest BCUT2D eigenvalue weighted by molar-refractivity contribution is -0.141. The molecule has 0 fully saturated rings. The van der Waals surface area contributed by atoms with E-state index >= 15 is 0 Å². The molecule has 1 aliphatic carbocycles. The van der Waals surface area contributed by atoms with Gasteiger partial charge in [-0.2, -0.15) is 13.2 Å². The molecule has 2 aromatic carbocycles. The largest absolute Gasteiger partial charge is 0.492 e. The molecule has 8 heteroatoms. The van der Waals surface area contributed by atoms with Crippen molar-refractivity contribution in [2.24, 2.45) is 0 Å². The van der Waals surface area contributed by atoms with Gasteiger partial charge in [-0.15, -0.1) is 0 Å². The van der Waals surface area contributed by atoms with Crippen LogP contribution < -0.4 is 9.47 Å². The third kappa shape index (κ3) is 3.75. The highest BCUT2D eigenvalue weighted by Crippen LogP contribution is 2.44. The van der Waals surface area contributed by atoms with E-state index < -0.39 is 23.7 Å². The maximum Gasteiger partial charge on any atom is 0.416 e. The Morgan fingerprint density at radius 2 is 2.00 bits per heavy atom. The van der Waals surface area contributed by atoms with Crippen LogP contribution in [0.4, 0.5) is 17.6 Å². The highest BCUT2D eigenvalue weighted by Gasteiger charge is 2.39. The zero-order valence-corrected chi connectivity index (χ0v) is 15.5. The SMILES string of the molecule is COC(=O)C[C@@H]1COc2cc(O[C@@H]3CCc4c3cc(F)cc4C(F)(F)F)ccc21. The summed E-state index contributed by atoms with van der Waals surface area (Å²) in [6.07, 6.45) is -4.61. The summed E-state index contributed by atoms with van der Waals surface area (Å²) in [6, 6.07) is 6.74. The summed E-state index contributed by atoms with van der Waals surface area (Å²) in [5, 5.41) is 0. The van der Waals surface area contributed by atoms with Crippen LogP contribution in [-0.2, 0) is 22.1 Å². The molecule has 154 valence electrons. The quantitative estimate of drug-likeness (QED) is 0.529. The summed E-state index contributed by atoms with van der Waals surface area (Å²) in [5.74, 6) is -0.420. The molecule has 0 bridgehead atoms. The molecule has 29 heavy (non-hydrogen) atoms. The van der Waals surface area contributed by atoms with Crippen molar-refractivity contribution >= 4 is 5.97 Å². The number of rotatable bonds is 4. The van der Waals surface area contributed by atoms with Gasteiger partial charge in [0.15, 0.2) is 0 Å². The van der Waals surface area contributed by atoms with Gasteiger partial charge in [0.2, 0.25) is 0 Å². The van der Waals surface area contributed by atoms with Crippen molar-refractivity contribution in [1.29, 1.82) is 0 Å². The normalized spacial score (nSPS) is 20.0. The van der Waals surface area contributed by atoms with E-state index in [1.54, 1.807) is 18.2 Å². The topological polar surface area (TPSA) is 44.8 Å². The summed E-state index contributed by atoms with van der Waals surface area (Å²) in [7, 11) is 1.32. The minimum atomic E-state index is -4.61.